The van der Waals surface area contributed by atoms with Gasteiger partial charge < -0.3 is 25.0 Å². The summed E-state index contributed by atoms with van der Waals surface area (Å²) < 4.78 is 0. The van der Waals surface area contributed by atoms with Crippen molar-refractivity contribution in [3.8, 4) is 11.5 Å². The first kappa shape index (κ1) is 26.0. The molecule has 4 aromatic rings. The number of H-pyrrole nitrogens is 1. The van der Waals surface area contributed by atoms with Crippen molar-refractivity contribution in [2.45, 2.75) is 32.1 Å². The van der Waals surface area contributed by atoms with Gasteiger partial charge in [0.15, 0.2) is 5.82 Å². The monoisotopic (exact) mass is 549 g/mol. The van der Waals surface area contributed by atoms with Gasteiger partial charge in [-0.3, -0.25) is 4.79 Å². The zero-order chi connectivity index (χ0) is 27.8. The van der Waals surface area contributed by atoms with Gasteiger partial charge in [0.25, 0.3) is 0 Å². The van der Waals surface area contributed by atoms with Gasteiger partial charge in [-0.25, -0.2) is 9.97 Å². The van der Waals surface area contributed by atoms with Crippen molar-refractivity contribution in [1.29, 1.82) is 0 Å². The Bertz CT molecular complexity index is 1480. The summed E-state index contributed by atoms with van der Waals surface area (Å²) in [5.41, 5.74) is 5.41. The van der Waals surface area contributed by atoms with Crippen LogP contribution in [0.3, 0.4) is 0 Å². The summed E-state index contributed by atoms with van der Waals surface area (Å²) in [7, 11) is 2.24. The highest BCUT2D eigenvalue weighted by atomic mass is 16.1. The van der Waals surface area contributed by atoms with Crippen LogP contribution in [0.1, 0.15) is 32.1 Å². The number of carbonyl (C=O) groups excluding carboxylic acids is 1. The molecule has 3 aliphatic heterocycles. The van der Waals surface area contributed by atoms with E-state index in [2.05, 4.69) is 56.3 Å². The summed E-state index contributed by atoms with van der Waals surface area (Å²) in [4.78, 5) is 33.3. The number of piperidine rings is 2. The molecule has 7 rings (SSSR count). The topological polar surface area (TPSA) is 80.4 Å². The molecule has 0 aliphatic carbocycles. The molecule has 8 nitrogen and oxygen atoms in total. The third kappa shape index (κ3) is 5.40. The molecule has 2 aromatic carbocycles. The number of nitrogens with zero attached hydrogens (tertiary/aromatic N) is 5. The highest BCUT2D eigenvalue weighted by Gasteiger charge is 2.37. The van der Waals surface area contributed by atoms with Crippen LogP contribution in [0.2, 0.25) is 0 Å². The number of hydrogen-bond donors (Lipinski definition) is 2. The van der Waals surface area contributed by atoms with E-state index in [1.165, 1.54) is 44.5 Å². The van der Waals surface area contributed by atoms with Crippen LogP contribution in [0, 0.1) is 11.3 Å². The molecular weight excluding hydrogens is 510 g/mol. The average Bonchev–Trinajstić information content (AvgIpc) is 3.68. The number of fused-ring (bicyclic) bond motifs is 1. The minimum atomic E-state index is -0.0702. The smallest absolute Gasteiger partial charge is 0.229 e. The number of benzene rings is 2. The van der Waals surface area contributed by atoms with E-state index in [1.807, 2.05) is 42.5 Å². The number of para-hydroxylation sites is 2. The third-order valence-corrected chi connectivity index (χ3v) is 9.62. The zero-order valence-corrected chi connectivity index (χ0v) is 23.9. The van der Waals surface area contributed by atoms with Gasteiger partial charge in [-0.05, 0) is 106 Å². The Morgan fingerprint density at radius 3 is 2.39 bits per heavy atom. The zero-order valence-electron chi connectivity index (χ0n) is 23.9. The summed E-state index contributed by atoms with van der Waals surface area (Å²) in [6, 6.07) is 22.4. The minimum absolute atomic E-state index is 0.0702. The molecule has 0 saturated carbocycles. The molecule has 3 saturated heterocycles. The molecule has 0 bridgehead atoms. The molecule has 8 heteroatoms. The van der Waals surface area contributed by atoms with Gasteiger partial charge in [-0.2, -0.15) is 0 Å². The third-order valence-electron chi connectivity index (χ3n) is 9.62. The predicted molar refractivity (Wildman–Crippen MR) is 165 cm³/mol. The molecule has 0 radical (unpaired) electrons. The summed E-state index contributed by atoms with van der Waals surface area (Å²) in [5, 5.41) is 3.16. The van der Waals surface area contributed by atoms with Crippen LogP contribution in [0.5, 0.6) is 0 Å². The first-order chi connectivity index (χ1) is 20.0. The maximum absolute atomic E-state index is 13.2. The van der Waals surface area contributed by atoms with E-state index < -0.39 is 0 Å². The molecule has 1 spiro atoms. The van der Waals surface area contributed by atoms with Crippen LogP contribution in [-0.4, -0.2) is 72.1 Å². The second-order valence-corrected chi connectivity index (χ2v) is 12.2. The average molecular weight is 550 g/mol. The number of carbonyl (C=O) groups is 1. The number of amides is 1. The molecule has 1 atom stereocenters. The molecular formula is C33H39N7O. The molecule has 1 amide bonds. The van der Waals surface area contributed by atoms with Crippen LogP contribution in [0.25, 0.3) is 22.6 Å². The molecule has 3 fully saturated rings. The van der Waals surface area contributed by atoms with Crippen LogP contribution >= 0.6 is 0 Å². The summed E-state index contributed by atoms with van der Waals surface area (Å²) in [6.45, 7) is 6.18. The number of likely N-dealkylation sites (tertiary alicyclic amines) is 1. The Balaban J connectivity index is 0.941. The van der Waals surface area contributed by atoms with Crippen molar-refractivity contribution >= 4 is 34.1 Å². The molecule has 2 N–H and O–H groups in total. The molecule has 2 aromatic heterocycles. The van der Waals surface area contributed by atoms with E-state index in [4.69, 9.17) is 9.97 Å². The van der Waals surface area contributed by atoms with E-state index >= 15 is 0 Å². The summed E-state index contributed by atoms with van der Waals surface area (Å²) in [5.74, 6) is 1.65. The molecule has 1 unspecified atom stereocenters. The van der Waals surface area contributed by atoms with Crippen molar-refractivity contribution < 1.29 is 4.79 Å². The minimum Gasteiger partial charge on any atom is -0.371 e. The van der Waals surface area contributed by atoms with E-state index in [0.717, 1.165) is 60.1 Å². The maximum Gasteiger partial charge on any atom is 0.229 e. The van der Waals surface area contributed by atoms with Crippen molar-refractivity contribution in [2.24, 2.45) is 11.3 Å². The van der Waals surface area contributed by atoms with Crippen molar-refractivity contribution in [3.05, 3.63) is 66.7 Å². The lowest BCUT2D eigenvalue weighted by Gasteiger charge is -2.46. The van der Waals surface area contributed by atoms with Gasteiger partial charge in [0.05, 0.1) is 17.0 Å². The Morgan fingerprint density at radius 2 is 1.61 bits per heavy atom. The summed E-state index contributed by atoms with van der Waals surface area (Å²) in [6.07, 6.45) is 6.06. The fraction of sp³-hybridized carbons (Fsp3) is 0.424. The SMILES string of the molecule is CN1CCC2(CC1)CCN(c1ccc(NC(=O)C3CCN(c4cccc(-c5nc6ccccc6[nH]5)n4)C3)cc1)CC2. The number of anilines is 3. The first-order valence-corrected chi connectivity index (χ1v) is 15.1. The van der Waals surface area contributed by atoms with Crippen LogP contribution in [0.4, 0.5) is 17.2 Å². The van der Waals surface area contributed by atoms with Crippen LogP contribution in [0.15, 0.2) is 66.7 Å². The Kier molecular flexibility index (Phi) is 6.87. The van der Waals surface area contributed by atoms with Crippen LogP contribution in [-0.2, 0) is 4.79 Å². The highest BCUT2D eigenvalue weighted by Crippen LogP contribution is 2.42. The Hall–Kier alpha value is -3.91. The second kappa shape index (κ2) is 10.8. The predicted octanol–water partition coefficient (Wildman–Crippen LogP) is 5.40. The molecule has 3 aliphatic rings. The van der Waals surface area contributed by atoms with Gasteiger partial charge in [0, 0.05) is 37.6 Å². The fourth-order valence-electron chi connectivity index (χ4n) is 6.82. The summed E-state index contributed by atoms with van der Waals surface area (Å²) >= 11 is 0. The Morgan fingerprint density at radius 1 is 0.854 bits per heavy atom. The number of pyridine rings is 1. The number of imidazole rings is 1. The van der Waals surface area contributed by atoms with Gasteiger partial charge in [-0.1, -0.05) is 18.2 Å². The molecule has 5 heterocycles. The van der Waals surface area contributed by atoms with E-state index in [-0.39, 0.29) is 11.8 Å². The lowest BCUT2D eigenvalue weighted by molar-refractivity contribution is -0.119. The van der Waals surface area contributed by atoms with Gasteiger partial charge >= 0.3 is 0 Å². The maximum atomic E-state index is 13.2. The fourth-order valence-corrected chi connectivity index (χ4v) is 6.82. The Labute approximate surface area is 241 Å². The molecule has 41 heavy (non-hydrogen) atoms. The highest BCUT2D eigenvalue weighted by molar-refractivity contribution is 5.93. The first-order valence-electron chi connectivity index (χ1n) is 15.1. The van der Waals surface area contributed by atoms with Crippen molar-refractivity contribution in [2.75, 3.05) is 61.4 Å². The number of hydrogen-bond acceptors (Lipinski definition) is 6. The normalized spacial score (nSPS) is 21.0. The van der Waals surface area contributed by atoms with Crippen LogP contribution < -0.4 is 15.1 Å². The number of aromatic amines is 1. The number of nitrogens with one attached hydrogen (secondary N) is 2. The number of aromatic nitrogens is 3. The molecule has 212 valence electrons. The van der Waals surface area contributed by atoms with Gasteiger partial charge in [0.1, 0.15) is 11.5 Å². The second-order valence-electron chi connectivity index (χ2n) is 12.2. The lowest BCUT2D eigenvalue weighted by atomic mass is 9.71. The van der Waals surface area contributed by atoms with Crippen molar-refractivity contribution in [1.82, 2.24) is 19.9 Å². The van der Waals surface area contributed by atoms with Crippen molar-refractivity contribution in [3.63, 3.8) is 0 Å². The standard InChI is InChI=1S/C33H39N7O/c1-38-19-14-33(15-20-38)16-21-39(22-17-33)26-11-9-25(10-12-26)34-32(41)24-13-18-40(23-24)30-8-4-7-29(35-30)31-36-27-5-2-3-6-28(27)37-31/h2-12,24H,13-23H2,1H3,(H,34,41)(H,36,37). The van der Waals surface area contributed by atoms with Gasteiger partial charge in [0.2, 0.25) is 5.91 Å². The quantitative estimate of drug-likeness (QED) is 0.347. The van der Waals surface area contributed by atoms with E-state index in [9.17, 15) is 4.79 Å². The lowest BCUT2D eigenvalue weighted by Crippen LogP contribution is -2.46. The largest absolute Gasteiger partial charge is 0.371 e. The van der Waals surface area contributed by atoms with Gasteiger partial charge in [-0.15, -0.1) is 0 Å². The van der Waals surface area contributed by atoms with E-state index in [0.29, 0.717) is 12.0 Å². The van der Waals surface area contributed by atoms with E-state index in [1.54, 1.807) is 0 Å². The number of rotatable bonds is 5.